The number of rotatable bonds is 6. The molecule has 2 N–H and O–H groups in total. The standard InChI is InChI=1S/C17H18F4N4O/c1-22-16(24-8-6-17(19,20)21)25-10-12-4-5-15(14(18)9-12)26-13-3-2-7-23-11-13/h2-5,7,9,11H,6,8,10H2,1H3,(H2,22,24,25). The number of benzene rings is 1. The summed E-state index contributed by atoms with van der Waals surface area (Å²) in [5.41, 5.74) is 0.583. The van der Waals surface area contributed by atoms with Crippen LogP contribution in [0.25, 0.3) is 0 Å². The average Bonchev–Trinajstić information content (AvgIpc) is 2.60. The van der Waals surface area contributed by atoms with Gasteiger partial charge in [0, 0.05) is 26.3 Å². The molecule has 0 amide bonds. The van der Waals surface area contributed by atoms with Crippen LogP contribution in [0.4, 0.5) is 17.6 Å². The van der Waals surface area contributed by atoms with E-state index in [0.29, 0.717) is 11.3 Å². The van der Waals surface area contributed by atoms with Gasteiger partial charge in [-0.3, -0.25) is 9.98 Å². The predicted octanol–water partition coefficient (Wildman–Crippen LogP) is 3.63. The van der Waals surface area contributed by atoms with Crippen LogP contribution in [0.3, 0.4) is 0 Å². The lowest BCUT2D eigenvalue weighted by atomic mass is 10.2. The van der Waals surface area contributed by atoms with Crippen molar-refractivity contribution >= 4 is 5.96 Å². The first-order valence-electron chi connectivity index (χ1n) is 7.75. The minimum atomic E-state index is -4.24. The highest BCUT2D eigenvalue weighted by Gasteiger charge is 2.26. The fraction of sp³-hybridized carbons (Fsp3) is 0.294. The van der Waals surface area contributed by atoms with E-state index < -0.39 is 18.4 Å². The van der Waals surface area contributed by atoms with E-state index in [1.54, 1.807) is 24.4 Å². The molecule has 2 aromatic rings. The van der Waals surface area contributed by atoms with Gasteiger partial charge in [0.2, 0.25) is 0 Å². The Bertz CT molecular complexity index is 735. The molecule has 2 rings (SSSR count). The molecule has 9 heteroatoms. The summed E-state index contributed by atoms with van der Waals surface area (Å²) in [6.07, 6.45) is -2.17. The molecular weight excluding hydrogens is 352 g/mol. The van der Waals surface area contributed by atoms with Crippen LogP contribution in [0.1, 0.15) is 12.0 Å². The number of halogens is 4. The van der Waals surface area contributed by atoms with Crippen molar-refractivity contribution in [2.24, 2.45) is 4.99 Å². The molecule has 1 aromatic carbocycles. The number of hydrogen-bond acceptors (Lipinski definition) is 3. The van der Waals surface area contributed by atoms with E-state index in [-0.39, 0.29) is 24.8 Å². The third-order valence-electron chi connectivity index (χ3n) is 3.24. The van der Waals surface area contributed by atoms with E-state index in [0.717, 1.165) is 0 Å². The fourth-order valence-corrected chi connectivity index (χ4v) is 2.00. The Morgan fingerprint density at radius 1 is 1.23 bits per heavy atom. The number of ether oxygens (including phenoxy) is 1. The summed E-state index contributed by atoms with van der Waals surface area (Å²) < 4.78 is 56.0. The fourth-order valence-electron chi connectivity index (χ4n) is 2.00. The van der Waals surface area contributed by atoms with Gasteiger partial charge in [-0.25, -0.2) is 4.39 Å². The molecule has 0 aliphatic rings. The predicted molar refractivity (Wildman–Crippen MR) is 89.6 cm³/mol. The first-order chi connectivity index (χ1) is 12.4. The van der Waals surface area contributed by atoms with Crippen LogP contribution >= 0.6 is 0 Å². The van der Waals surface area contributed by atoms with Crippen molar-refractivity contribution in [3.05, 3.63) is 54.1 Å². The minimum Gasteiger partial charge on any atom is -0.453 e. The van der Waals surface area contributed by atoms with Crippen molar-refractivity contribution in [3.63, 3.8) is 0 Å². The number of alkyl halides is 3. The second kappa shape index (κ2) is 9.02. The molecule has 0 unspecified atom stereocenters. The number of pyridine rings is 1. The van der Waals surface area contributed by atoms with Crippen molar-refractivity contribution in [2.45, 2.75) is 19.1 Å². The molecule has 0 aliphatic carbocycles. The maximum absolute atomic E-state index is 14.1. The number of guanidine groups is 1. The molecule has 0 bridgehead atoms. The summed E-state index contributed by atoms with van der Waals surface area (Å²) in [6, 6.07) is 7.72. The van der Waals surface area contributed by atoms with E-state index in [2.05, 4.69) is 20.6 Å². The zero-order valence-corrected chi connectivity index (χ0v) is 14.0. The summed E-state index contributed by atoms with van der Waals surface area (Å²) in [7, 11) is 1.44. The van der Waals surface area contributed by atoms with E-state index in [1.807, 2.05) is 0 Å². The summed E-state index contributed by atoms with van der Waals surface area (Å²) >= 11 is 0. The van der Waals surface area contributed by atoms with E-state index >= 15 is 0 Å². The molecule has 0 atom stereocenters. The quantitative estimate of drug-likeness (QED) is 0.463. The van der Waals surface area contributed by atoms with E-state index in [9.17, 15) is 17.6 Å². The topological polar surface area (TPSA) is 58.5 Å². The Hall–Kier alpha value is -2.84. The van der Waals surface area contributed by atoms with Gasteiger partial charge >= 0.3 is 6.18 Å². The van der Waals surface area contributed by atoms with Crippen LogP contribution in [0.2, 0.25) is 0 Å². The van der Waals surface area contributed by atoms with Crippen molar-refractivity contribution in [1.82, 2.24) is 15.6 Å². The maximum Gasteiger partial charge on any atom is 0.390 e. The van der Waals surface area contributed by atoms with Gasteiger partial charge < -0.3 is 15.4 Å². The molecule has 0 aliphatic heterocycles. The number of aliphatic imine (C=N–C) groups is 1. The normalized spacial score (nSPS) is 12.0. The lowest BCUT2D eigenvalue weighted by Gasteiger charge is -2.13. The highest BCUT2D eigenvalue weighted by molar-refractivity contribution is 5.79. The molecule has 140 valence electrons. The number of nitrogens with zero attached hydrogens (tertiary/aromatic N) is 2. The van der Waals surface area contributed by atoms with Gasteiger partial charge in [-0.2, -0.15) is 13.2 Å². The van der Waals surface area contributed by atoms with Gasteiger partial charge in [0.25, 0.3) is 0 Å². The Balaban J connectivity index is 1.88. The summed E-state index contributed by atoms with van der Waals surface area (Å²) in [5.74, 6) is 0.0968. The largest absolute Gasteiger partial charge is 0.453 e. The third kappa shape index (κ3) is 6.58. The molecule has 0 radical (unpaired) electrons. The SMILES string of the molecule is CN=C(NCCC(F)(F)F)NCc1ccc(Oc2cccnc2)c(F)c1. The van der Waals surface area contributed by atoms with Crippen molar-refractivity contribution in [3.8, 4) is 11.5 Å². The van der Waals surface area contributed by atoms with Crippen LogP contribution < -0.4 is 15.4 Å². The lowest BCUT2D eigenvalue weighted by molar-refractivity contribution is -0.132. The van der Waals surface area contributed by atoms with Crippen LogP contribution in [0.5, 0.6) is 11.5 Å². The molecule has 1 aromatic heterocycles. The lowest BCUT2D eigenvalue weighted by Crippen LogP contribution is -2.38. The average molecular weight is 370 g/mol. The maximum atomic E-state index is 14.1. The van der Waals surface area contributed by atoms with Crippen LogP contribution in [0, 0.1) is 5.82 Å². The molecular formula is C17H18F4N4O. The molecule has 0 saturated heterocycles. The van der Waals surface area contributed by atoms with E-state index in [4.69, 9.17) is 4.74 Å². The smallest absolute Gasteiger partial charge is 0.390 e. The first-order valence-corrected chi connectivity index (χ1v) is 7.75. The van der Waals surface area contributed by atoms with Crippen LogP contribution in [0.15, 0.2) is 47.7 Å². The third-order valence-corrected chi connectivity index (χ3v) is 3.24. The van der Waals surface area contributed by atoms with Crippen molar-refractivity contribution in [2.75, 3.05) is 13.6 Å². The number of hydrogen-bond donors (Lipinski definition) is 2. The van der Waals surface area contributed by atoms with Gasteiger partial charge in [-0.1, -0.05) is 6.07 Å². The second-order valence-corrected chi connectivity index (χ2v) is 5.27. The van der Waals surface area contributed by atoms with Crippen molar-refractivity contribution < 1.29 is 22.3 Å². The van der Waals surface area contributed by atoms with Gasteiger partial charge in [0.1, 0.15) is 5.75 Å². The number of aromatic nitrogens is 1. The molecule has 0 saturated carbocycles. The monoisotopic (exact) mass is 370 g/mol. The van der Waals surface area contributed by atoms with Gasteiger partial charge in [-0.05, 0) is 29.8 Å². The first kappa shape index (κ1) is 19.5. The van der Waals surface area contributed by atoms with E-state index in [1.165, 1.54) is 25.4 Å². The molecule has 26 heavy (non-hydrogen) atoms. The zero-order valence-electron chi connectivity index (χ0n) is 14.0. The Morgan fingerprint density at radius 2 is 2.04 bits per heavy atom. The molecule has 5 nitrogen and oxygen atoms in total. The summed E-state index contributed by atoms with van der Waals surface area (Å²) in [6.45, 7) is -0.106. The highest BCUT2D eigenvalue weighted by Crippen LogP contribution is 2.24. The molecule has 1 heterocycles. The minimum absolute atomic E-state index is 0.0504. The molecule has 0 spiro atoms. The van der Waals surface area contributed by atoms with Gasteiger partial charge in [0.15, 0.2) is 17.5 Å². The summed E-state index contributed by atoms with van der Waals surface area (Å²) in [4.78, 5) is 7.70. The Labute approximate surface area is 148 Å². The van der Waals surface area contributed by atoms with Gasteiger partial charge in [-0.15, -0.1) is 0 Å². The highest BCUT2D eigenvalue weighted by atomic mass is 19.4. The Kier molecular flexibility index (Phi) is 6.76. The van der Waals surface area contributed by atoms with Crippen molar-refractivity contribution in [1.29, 1.82) is 0 Å². The number of nitrogens with one attached hydrogen (secondary N) is 2. The zero-order chi connectivity index (χ0) is 19.0. The van der Waals surface area contributed by atoms with Crippen LogP contribution in [-0.4, -0.2) is 30.7 Å². The second-order valence-electron chi connectivity index (χ2n) is 5.27. The van der Waals surface area contributed by atoms with Crippen LogP contribution in [-0.2, 0) is 6.54 Å². The Morgan fingerprint density at radius 3 is 2.65 bits per heavy atom. The van der Waals surface area contributed by atoms with Gasteiger partial charge in [0.05, 0.1) is 12.6 Å². The summed E-state index contributed by atoms with van der Waals surface area (Å²) in [5, 5.41) is 5.37. The molecule has 0 fully saturated rings.